The summed E-state index contributed by atoms with van der Waals surface area (Å²) in [7, 11) is 0. The van der Waals surface area contributed by atoms with Gasteiger partial charge in [0.1, 0.15) is 21.8 Å². The third kappa shape index (κ3) is 6.82. The lowest BCUT2D eigenvalue weighted by molar-refractivity contribution is -0.140. The van der Waals surface area contributed by atoms with Gasteiger partial charge in [0, 0.05) is 35.6 Å². The topological polar surface area (TPSA) is 87.0 Å². The molecule has 0 aromatic heterocycles. The van der Waals surface area contributed by atoms with E-state index < -0.39 is 87.7 Å². The minimum Gasteiger partial charge on any atom is -0.326 e. The Morgan fingerprint density at radius 1 is 0.953 bits per heavy atom. The standard InChI is InChI=1S/C29H17Cl3F6N2O3/c30-20-4-3-15(11-17(20)23(42)10-14-2-5-21(33)18(26(14)35)12-16(41)7-8-39)40-27(43)25-24(28(25,31)32)13-1-6-22(34)19(9-13)29(36,37)38/h1-6,9,11,24-25H,7,10,12H2,(H,40,43)/t24-,25+/m0/s1. The number of hydrogen-bond donors (Lipinski definition) is 1. The number of alkyl halides is 5. The third-order valence-electron chi connectivity index (χ3n) is 6.79. The molecule has 0 saturated heterocycles. The molecular weight excluding hydrogens is 645 g/mol. The smallest absolute Gasteiger partial charge is 0.326 e. The predicted octanol–water partition coefficient (Wildman–Crippen LogP) is 7.75. The van der Waals surface area contributed by atoms with Crippen LogP contribution in [0.1, 0.15) is 45.0 Å². The molecule has 0 radical (unpaired) electrons. The zero-order valence-electron chi connectivity index (χ0n) is 21.5. The molecule has 1 saturated carbocycles. The van der Waals surface area contributed by atoms with Crippen LogP contribution in [0, 0.1) is 34.7 Å². The Balaban J connectivity index is 1.52. The summed E-state index contributed by atoms with van der Waals surface area (Å²) in [5.74, 6) is -8.28. The molecule has 14 heteroatoms. The SMILES string of the molecule is N#CCC(=O)Cc1c(F)ccc(CC(=O)c2cc(NC(=O)[C@H]3[C@H](c4ccc(F)c(C(F)(F)F)c4)C3(Cl)Cl)ccc2Cl)c1F. The Bertz CT molecular complexity index is 1690. The number of amides is 1. The number of nitrogens with zero attached hydrogens (tertiary/aromatic N) is 1. The summed E-state index contributed by atoms with van der Waals surface area (Å²) in [6.07, 6.45) is -6.83. The van der Waals surface area contributed by atoms with Crippen molar-refractivity contribution in [1.29, 1.82) is 5.26 Å². The molecular formula is C29H17Cl3F6N2O3. The second-order valence-electron chi connectivity index (χ2n) is 9.70. The van der Waals surface area contributed by atoms with Crippen molar-refractivity contribution in [2.75, 3.05) is 5.32 Å². The monoisotopic (exact) mass is 660 g/mol. The van der Waals surface area contributed by atoms with Crippen LogP contribution < -0.4 is 5.32 Å². The summed E-state index contributed by atoms with van der Waals surface area (Å²) in [6.45, 7) is 0. The maximum absolute atomic E-state index is 15.0. The van der Waals surface area contributed by atoms with Crippen molar-refractivity contribution in [3.8, 4) is 6.07 Å². The highest BCUT2D eigenvalue weighted by molar-refractivity contribution is 6.53. The number of nitrogens with one attached hydrogen (secondary N) is 1. The van der Waals surface area contributed by atoms with E-state index in [0.717, 1.165) is 18.2 Å². The van der Waals surface area contributed by atoms with Gasteiger partial charge in [0.05, 0.1) is 29.0 Å². The van der Waals surface area contributed by atoms with E-state index in [1.807, 2.05) is 0 Å². The normalized spacial score (nSPS) is 17.2. The van der Waals surface area contributed by atoms with E-state index in [2.05, 4.69) is 5.32 Å². The summed E-state index contributed by atoms with van der Waals surface area (Å²) in [6, 6.07) is 9.41. The highest BCUT2D eigenvalue weighted by Crippen LogP contribution is 2.65. The molecule has 3 aromatic carbocycles. The molecule has 0 heterocycles. The molecule has 1 amide bonds. The van der Waals surface area contributed by atoms with E-state index in [0.29, 0.717) is 12.1 Å². The second-order valence-corrected chi connectivity index (χ2v) is 11.6. The van der Waals surface area contributed by atoms with E-state index in [1.54, 1.807) is 6.07 Å². The predicted molar refractivity (Wildman–Crippen MR) is 145 cm³/mol. The molecule has 1 aliphatic carbocycles. The Morgan fingerprint density at radius 2 is 1.63 bits per heavy atom. The molecule has 1 N–H and O–H groups in total. The minimum atomic E-state index is -4.99. The van der Waals surface area contributed by atoms with Crippen LogP contribution in [-0.2, 0) is 28.6 Å². The number of Topliss-reactive ketones (excluding diaryl/α,β-unsaturated/α-hetero) is 2. The number of halogens is 9. The first kappa shape index (κ1) is 32.3. The second kappa shape index (κ2) is 12.2. The van der Waals surface area contributed by atoms with Crippen molar-refractivity contribution >= 4 is 58.0 Å². The fraction of sp³-hybridized carbons (Fsp3) is 0.241. The third-order valence-corrected chi connectivity index (χ3v) is 8.06. The van der Waals surface area contributed by atoms with Crippen LogP contribution in [-0.4, -0.2) is 21.8 Å². The first-order valence-corrected chi connectivity index (χ1v) is 13.4. The van der Waals surface area contributed by atoms with E-state index in [1.165, 1.54) is 18.2 Å². The lowest BCUT2D eigenvalue weighted by atomic mass is 9.97. The van der Waals surface area contributed by atoms with Crippen molar-refractivity contribution in [3.05, 3.63) is 98.8 Å². The number of carbonyl (C=O) groups excluding carboxylic acids is 3. The molecule has 0 unspecified atom stereocenters. The summed E-state index contributed by atoms with van der Waals surface area (Å²) < 4.78 is 80.6. The average Bonchev–Trinajstić information content (AvgIpc) is 3.50. The van der Waals surface area contributed by atoms with Gasteiger partial charge >= 0.3 is 6.18 Å². The van der Waals surface area contributed by atoms with Gasteiger partial charge in [-0.3, -0.25) is 14.4 Å². The molecule has 43 heavy (non-hydrogen) atoms. The van der Waals surface area contributed by atoms with Gasteiger partial charge in [0.15, 0.2) is 11.6 Å². The van der Waals surface area contributed by atoms with Crippen LogP contribution >= 0.6 is 34.8 Å². The number of nitriles is 1. The maximum atomic E-state index is 15.0. The van der Waals surface area contributed by atoms with Crippen LogP contribution in [0.25, 0.3) is 0 Å². The van der Waals surface area contributed by atoms with Crippen LogP contribution in [0.15, 0.2) is 48.5 Å². The van der Waals surface area contributed by atoms with Crippen molar-refractivity contribution < 1.29 is 40.7 Å². The maximum Gasteiger partial charge on any atom is 0.419 e. The summed E-state index contributed by atoms with van der Waals surface area (Å²) in [5, 5.41) is 11.0. The van der Waals surface area contributed by atoms with Gasteiger partial charge in [-0.05, 0) is 47.5 Å². The number of carbonyl (C=O) groups is 3. The van der Waals surface area contributed by atoms with Gasteiger partial charge in [0.25, 0.3) is 0 Å². The van der Waals surface area contributed by atoms with Crippen molar-refractivity contribution in [2.24, 2.45) is 5.92 Å². The number of anilines is 1. The molecule has 1 fully saturated rings. The quantitative estimate of drug-likeness (QED) is 0.144. The number of benzene rings is 3. The van der Waals surface area contributed by atoms with E-state index in [-0.39, 0.29) is 27.4 Å². The van der Waals surface area contributed by atoms with Gasteiger partial charge in [0.2, 0.25) is 5.91 Å². The Labute approximate surface area is 255 Å². The fourth-order valence-corrected chi connectivity index (χ4v) is 5.67. The summed E-state index contributed by atoms with van der Waals surface area (Å²) in [5.41, 5.74) is -2.63. The first-order valence-electron chi connectivity index (χ1n) is 12.3. The Kier molecular flexibility index (Phi) is 9.16. The van der Waals surface area contributed by atoms with Crippen LogP contribution in [0.5, 0.6) is 0 Å². The largest absolute Gasteiger partial charge is 0.419 e. The summed E-state index contributed by atoms with van der Waals surface area (Å²) in [4.78, 5) is 37.8. The van der Waals surface area contributed by atoms with Gasteiger partial charge in [-0.15, -0.1) is 23.2 Å². The number of hydrogen-bond acceptors (Lipinski definition) is 4. The van der Waals surface area contributed by atoms with Crippen LogP contribution in [0.3, 0.4) is 0 Å². The van der Waals surface area contributed by atoms with Crippen LogP contribution in [0.4, 0.5) is 32.0 Å². The molecule has 0 spiro atoms. The zero-order valence-corrected chi connectivity index (χ0v) is 23.7. The average molecular weight is 662 g/mol. The van der Waals surface area contributed by atoms with Crippen molar-refractivity contribution in [2.45, 2.75) is 35.7 Å². The molecule has 224 valence electrons. The molecule has 2 atom stereocenters. The first-order chi connectivity index (χ1) is 20.1. The van der Waals surface area contributed by atoms with E-state index in [4.69, 9.17) is 40.1 Å². The highest BCUT2D eigenvalue weighted by atomic mass is 35.5. The molecule has 0 bridgehead atoms. The van der Waals surface area contributed by atoms with Crippen LogP contribution in [0.2, 0.25) is 5.02 Å². The number of rotatable bonds is 9. The van der Waals surface area contributed by atoms with Gasteiger partial charge in [-0.2, -0.15) is 18.4 Å². The Morgan fingerprint density at radius 3 is 2.28 bits per heavy atom. The molecule has 1 aliphatic rings. The Hall–Kier alpha value is -3.59. The zero-order chi connectivity index (χ0) is 31.9. The highest BCUT2D eigenvalue weighted by Gasteiger charge is 2.67. The number of ketones is 2. The molecule has 0 aliphatic heterocycles. The summed E-state index contributed by atoms with van der Waals surface area (Å²) >= 11 is 18.6. The molecule has 5 nitrogen and oxygen atoms in total. The fourth-order valence-electron chi connectivity index (χ4n) is 4.62. The van der Waals surface area contributed by atoms with Gasteiger partial charge < -0.3 is 5.32 Å². The molecule has 3 aromatic rings. The van der Waals surface area contributed by atoms with E-state index in [9.17, 15) is 40.7 Å². The van der Waals surface area contributed by atoms with E-state index >= 15 is 0 Å². The lowest BCUT2D eigenvalue weighted by Crippen LogP contribution is -2.17. The minimum absolute atomic E-state index is 0.0185. The van der Waals surface area contributed by atoms with Gasteiger partial charge in [-0.1, -0.05) is 23.7 Å². The molecule has 4 rings (SSSR count). The van der Waals surface area contributed by atoms with Gasteiger partial charge in [-0.25, -0.2) is 13.2 Å². The van der Waals surface area contributed by atoms with Crippen molar-refractivity contribution in [3.63, 3.8) is 0 Å². The lowest BCUT2D eigenvalue weighted by Gasteiger charge is -2.11. The van der Waals surface area contributed by atoms with Crippen molar-refractivity contribution in [1.82, 2.24) is 0 Å².